The molecule has 0 bridgehead atoms. The Labute approximate surface area is 119 Å². The van der Waals surface area contributed by atoms with Crippen LogP contribution in [0, 0.1) is 5.41 Å². The number of halogens is 1. The molecule has 1 heterocycles. The fraction of sp³-hybridized carbons (Fsp3) is 0.417. The molecular formula is C12H15BrN2O4. The van der Waals surface area contributed by atoms with Crippen LogP contribution in [0.4, 0.5) is 0 Å². The number of methoxy groups -OCH3 is 1. The molecule has 0 saturated heterocycles. The molecule has 7 heteroatoms. The van der Waals surface area contributed by atoms with Gasteiger partial charge in [0.25, 0.3) is 5.91 Å². The quantitative estimate of drug-likeness (QED) is 0.857. The number of carboxylic acids is 1. The number of carbonyl (C=O) groups excluding carboxylic acids is 1. The van der Waals surface area contributed by atoms with Crippen molar-refractivity contribution in [1.29, 1.82) is 0 Å². The lowest BCUT2D eigenvalue weighted by Crippen LogP contribution is -2.39. The van der Waals surface area contributed by atoms with Gasteiger partial charge in [-0.1, -0.05) is 0 Å². The number of nitrogens with zero attached hydrogens (tertiary/aromatic N) is 1. The number of aliphatic carboxylic acids is 1. The highest BCUT2D eigenvalue weighted by Gasteiger charge is 2.28. The molecule has 1 amide bonds. The molecule has 1 aromatic heterocycles. The second kappa shape index (κ2) is 6.01. The molecule has 0 aliphatic heterocycles. The first-order valence-corrected chi connectivity index (χ1v) is 6.29. The minimum atomic E-state index is -1.04. The number of hydrogen-bond donors (Lipinski definition) is 2. The van der Waals surface area contributed by atoms with E-state index in [1.807, 2.05) is 0 Å². The lowest BCUT2D eigenvalue weighted by atomic mass is 9.94. The van der Waals surface area contributed by atoms with E-state index in [4.69, 9.17) is 9.84 Å². The van der Waals surface area contributed by atoms with Crippen LogP contribution >= 0.6 is 15.9 Å². The molecule has 0 aliphatic carbocycles. The van der Waals surface area contributed by atoms with Crippen molar-refractivity contribution < 1.29 is 19.4 Å². The van der Waals surface area contributed by atoms with Crippen LogP contribution in [-0.4, -0.2) is 35.6 Å². The van der Waals surface area contributed by atoms with Gasteiger partial charge in [0.1, 0.15) is 11.4 Å². The Morgan fingerprint density at radius 3 is 2.68 bits per heavy atom. The fourth-order valence-electron chi connectivity index (χ4n) is 1.20. The zero-order valence-corrected chi connectivity index (χ0v) is 12.4. The van der Waals surface area contributed by atoms with Crippen LogP contribution in [0.25, 0.3) is 0 Å². The maximum absolute atomic E-state index is 12.0. The minimum absolute atomic E-state index is 0.00644. The molecule has 104 valence electrons. The normalized spacial score (nSPS) is 10.9. The molecular weight excluding hydrogens is 316 g/mol. The number of aromatic nitrogens is 1. The molecule has 19 heavy (non-hydrogen) atoms. The molecule has 0 spiro atoms. The van der Waals surface area contributed by atoms with Gasteiger partial charge in [-0.05, 0) is 35.8 Å². The lowest BCUT2D eigenvalue weighted by Gasteiger charge is -2.19. The van der Waals surface area contributed by atoms with Gasteiger partial charge in [-0.3, -0.25) is 9.59 Å². The highest BCUT2D eigenvalue weighted by Crippen LogP contribution is 2.26. The highest BCUT2D eigenvalue weighted by atomic mass is 79.9. The molecule has 2 N–H and O–H groups in total. The highest BCUT2D eigenvalue weighted by molar-refractivity contribution is 9.10. The Balaban J connectivity index is 2.83. The van der Waals surface area contributed by atoms with E-state index in [0.29, 0.717) is 10.2 Å². The van der Waals surface area contributed by atoms with Crippen molar-refractivity contribution in [2.45, 2.75) is 13.8 Å². The maximum atomic E-state index is 12.0. The van der Waals surface area contributed by atoms with Crippen LogP contribution in [0.15, 0.2) is 16.7 Å². The lowest BCUT2D eigenvalue weighted by molar-refractivity contribution is -0.146. The molecule has 0 saturated carbocycles. The predicted molar refractivity (Wildman–Crippen MR) is 72.2 cm³/mol. The summed E-state index contributed by atoms with van der Waals surface area (Å²) in [6, 6.07) is 1.61. The van der Waals surface area contributed by atoms with Gasteiger partial charge in [-0.15, -0.1) is 0 Å². The molecule has 1 rings (SSSR count). The van der Waals surface area contributed by atoms with Crippen molar-refractivity contribution in [2.24, 2.45) is 5.41 Å². The SMILES string of the molecule is COc1ccnc(C(=O)NCC(C)(C)C(=O)O)c1Br. The summed E-state index contributed by atoms with van der Waals surface area (Å²) in [5, 5.41) is 11.5. The van der Waals surface area contributed by atoms with E-state index in [-0.39, 0.29) is 12.2 Å². The summed E-state index contributed by atoms with van der Waals surface area (Å²) in [5.41, 5.74) is -0.887. The summed E-state index contributed by atoms with van der Waals surface area (Å²) in [6.45, 7) is 3.07. The van der Waals surface area contributed by atoms with Crippen LogP contribution in [0.3, 0.4) is 0 Å². The van der Waals surface area contributed by atoms with E-state index in [1.165, 1.54) is 27.2 Å². The molecule has 0 aromatic carbocycles. The molecule has 6 nitrogen and oxygen atoms in total. The van der Waals surface area contributed by atoms with E-state index >= 15 is 0 Å². The second-order valence-electron chi connectivity index (χ2n) is 4.55. The van der Waals surface area contributed by atoms with Crippen LogP contribution in [0.1, 0.15) is 24.3 Å². The zero-order chi connectivity index (χ0) is 14.6. The van der Waals surface area contributed by atoms with E-state index in [2.05, 4.69) is 26.2 Å². The van der Waals surface area contributed by atoms with Gasteiger partial charge in [0.05, 0.1) is 17.0 Å². The van der Waals surface area contributed by atoms with Gasteiger partial charge >= 0.3 is 5.97 Å². The van der Waals surface area contributed by atoms with E-state index in [1.54, 1.807) is 6.07 Å². The molecule has 1 aromatic rings. The van der Waals surface area contributed by atoms with Gasteiger partial charge in [0.2, 0.25) is 0 Å². The van der Waals surface area contributed by atoms with Gasteiger partial charge in [0.15, 0.2) is 0 Å². The summed E-state index contributed by atoms with van der Waals surface area (Å²) in [4.78, 5) is 26.8. The van der Waals surface area contributed by atoms with Gasteiger partial charge in [-0.25, -0.2) is 4.98 Å². The smallest absolute Gasteiger partial charge is 0.310 e. The maximum Gasteiger partial charge on any atom is 0.310 e. The largest absolute Gasteiger partial charge is 0.495 e. The van der Waals surface area contributed by atoms with Crippen molar-refractivity contribution in [3.8, 4) is 5.75 Å². The number of carboxylic acid groups (broad SMARTS) is 1. The molecule has 0 unspecified atom stereocenters. The van der Waals surface area contributed by atoms with Gasteiger partial charge < -0.3 is 15.2 Å². The van der Waals surface area contributed by atoms with E-state index in [9.17, 15) is 9.59 Å². The Morgan fingerprint density at radius 2 is 2.16 bits per heavy atom. The van der Waals surface area contributed by atoms with Crippen molar-refractivity contribution in [1.82, 2.24) is 10.3 Å². The van der Waals surface area contributed by atoms with E-state index in [0.717, 1.165) is 0 Å². The number of hydrogen-bond acceptors (Lipinski definition) is 4. The summed E-state index contributed by atoms with van der Waals surface area (Å²) in [6.07, 6.45) is 1.45. The van der Waals surface area contributed by atoms with Crippen LogP contribution in [0.2, 0.25) is 0 Å². The first kappa shape index (κ1) is 15.4. The topological polar surface area (TPSA) is 88.5 Å². The molecule has 0 fully saturated rings. The third-order valence-electron chi connectivity index (χ3n) is 2.56. The number of ether oxygens (including phenoxy) is 1. The number of rotatable bonds is 5. The second-order valence-corrected chi connectivity index (χ2v) is 5.34. The standard InChI is InChI=1S/C12H15BrN2O4/c1-12(2,11(17)18)6-15-10(16)9-8(13)7(19-3)4-5-14-9/h4-5H,6H2,1-3H3,(H,15,16)(H,17,18). The average Bonchev–Trinajstić information content (AvgIpc) is 2.36. The minimum Gasteiger partial charge on any atom is -0.495 e. The molecule has 0 radical (unpaired) electrons. The van der Waals surface area contributed by atoms with Crippen molar-refractivity contribution in [2.75, 3.05) is 13.7 Å². The third kappa shape index (κ3) is 3.66. The zero-order valence-electron chi connectivity index (χ0n) is 10.9. The van der Waals surface area contributed by atoms with Crippen molar-refractivity contribution in [3.63, 3.8) is 0 Å². The van der Waals surface area contributed by atoms with Crippen molar-refractivity contribution >= 4 is 27.8 Å². The Hall–Kier alpha value is -1.63. The Kier molecular flexibility index (Phi) is 4.88. The first-order valence-electron chi connectivity index (χ1n) is 5.49. The summed E-state index contributed by atoms with van der Waals surface area (Å²) in [5.74, 6) is -0.955. The average molecular weight is 331 g/mol. The molecule has 0 aliphatic rings. The van der Waals surface area contributed by atoms with Crippen molar-refractivity contribution in [3.05, 3.63) is 22.4 Å². The van der Waals surface area contributed by atoms with Gasteiger partial charge in [-0.2, -0.15) is 0 Å². The van der Waals surface area contributed by atoms with E-state index < -0.39 is 17.3 Å². The number of pyridine rings is 1. The predicted octanol–water partition coefficient (Wildman–Crippen LogP) is 1.69. The number of amides is 1. The number of nitrogens with one attached hydrogen (secondary N) is 1. The number of carbonyl (C=O) groups is 2. The summed E-state index contributed by atoms with van der Waals surface area (Å²) >= 11 is 3.23. The monoisotopic (exact) mass is 330 g/mol. The Morgan fingerprint density at radius 1 is 1.53 bits per heavy atom. The fourth-order valence-corrected chi connectivity index (χ4v) is 1.78. The summed E-state index contributed by atoms with van der Waals surface area (Å²) in [7, 11) is 1.48. The first-order chi connectivity index (χ1) is 8.79. The van der Waals surface area contributed by atoms with Crippen LogP contribution in [-0.2, 0) is 4.79 Å². The van der Waals surface area contributed by atoms with Gasteiger partial charge in [0, 0.05) is 12.7 Å². The molecule has 0 atom stereocenters. The van der Waals surface area contributed by atoms with Crippen LogP contribution in [0.5, 0.6) is 5.75 Å². The summed E-state index contributed by atoms with van der Waals surface area (Å²) < 4.78 is 5.49. The third-order valence-corrected chi connectivity index (χ3v) is 3.32. The van der Waals surface area contributed by atoms with Crippen LogP contribution < -0.4 is 10.1 Å². The Bertz CT molecular complexity index is 503.